The van der Waals surface area contributed by atoms with Crippen LogP contribution in [-0.2, 0) is 0 Å². The first-order chi connectivity index (χ1) is 13.1. The Balaban J connectivity index is 1.61. The number of fused-ring (bicyclic) bond motifs is 1. The van der Waals surface area contributed by atoms with Crippen LogP contribution in [0.5, 0.6) is 0 Å². The number of rotatable bonds is 3. The molecule has 0 aliphatic carbocycles. The Kier molecular flexibility index (Phi) is 4.33. The lowest BCUT2D eigenvalue weighted by Crippen LogP contribution is -2.11. The van der Waals surface area contributed by atoms with Crippen LogP contribution >= 0.6 is 11.6 Å². The summed E-state index contributed by atoms with van der Waals surface area (Å²) in [6.45, 7) is 0. The summed E-state index contributed by atoms with van der Waals surface area (Å²) >= 11 is 6.24. The summed E-state index contributed by atoms with van der Waals surface area (Å²) in [6.07, 6.45) is 0. The first kappa shape index (κ1) is 16.8. The molecule has 3 aromatic carbocycles. The molecule has 2 N–H and O–H groups in total. The molecule has 4 aromatic rings. The summed E-state index contributed by atoms with van der Waals surface area (Å²) in [5.74, 6) is 0.427. The first-order valence-corrected chi connectivity index (χ1v) is 8.58. The van der Waals surface area contributed by atoms with Crippen LogP contribution in [-0.4, -0.2) is 15.9 Å². The minimum atomic E-state index is -0.246. The number of aromatic amines is 1. The van der Waals surface area contributed by atoms with Crippen LogP contribution in [0.4, 0.5) is 5.69 Å². The molecule has 0 radical (unpaired) electrons. The number of anilines is 1. The number of benzene rings is 3. The van der Waals surface area contributed by atoms with Crippen molar-refractivity contribution < 1.29 is 4.79 Å². The summed E-state index contributed by atoms with van der Waals surface area (Å²) in [7, 11) is 0. The van der Waals surface area contributed by atoms with Gasteiger partial charge in [-0.3, -0.25) is 4.79 Å². The van der Waals surface area contributed by atoms with Crippen LogP contribution < -0.4 is 5.32 Å². The number of amides is 1. The predicted molar refractivity (Wildman–Crippen MR) is 106 cm³/mol. The van der Waals surface area contributed by atoms with Gasteiger partial charge in [-0.15, -0.1) is 0 Å². The van der Waals surface area contributed by atoms with Crippen LogP contribution in [0, 0.1) is 11.3 Å². The number of aromatic nitrogens is 2. The maximum absolute atomic E-state index is 12.4. The van der Waals surface area contributed by atoms with Crippen molar-refractivity contribution in [2.24, 2.45) is 0 Å². The van der Waals surface area contributed by atoms with Gasteiger partial charge in [-0.2, -0.15) is 5.26 Å². The highest BCUT2D eigenvalue weighted by Crippen LogP contribution is 2.28. The van der Waals surface area contributed by atoms with E-state index in [1.165, 1.54) is 0 Å². The molecule has 5 nitrogen and oxygen atoms in total. The second kappa shape index (κ2) is 6.94. The molecule has 1 aromatic heterocycles. The molecule has 0 atom stereocenters. The van der Waals surface area contributed by atoms with Crippen LogP contribution in [0.2, 0.25) is 5.02 Å². The third kappa shape index (κ3) is 3.39. The van der Waals surface area contributed by atoms with E-state index in [4.69, 9.17) is 16.9 Å². The van der Waals surface area contributed by atoms with Crippen LogP contribution in [0.15, 0.2) is 66.7 Å². The van der Waals surface area contributed by atoms with Crippen molar-refractivity contribution in [1.29, 1.82) is 5.26 Å². The number of nitriles is 1. The van der Waals surface area contributed by atoms with Gasteiger partial charge in [0.2, 0.25) is 0 Å². The number of hydrogen-bond acceptors (Lipinski definition) is 3. The zero-order valence-electron chi connectivity index (χ0n) is 14.0. The predicted octanol–water partition coefficient (Wildman–Crippen LogP) is 5.01. The summed E-state index contributed by atoms with van der Waals surface area (Å²) in [4.78, 5) is 20.2. The van der Waals surface area contributed by atoms with Crippen molar-refractivity contribution in [2.75, 3.05) is 5.32 Å². The number of carbonyl (C=O) groups excluding carboxylic acids is 1. The van der Waals surface area contributed by atoms with E-state index in [9.17, 15) is 4.79 Å². The maximum Gasteiger partial charge on any atom is 0.255 e. The van der Waals surface area contributed by atoms with Crippen LogP contribution in [0.25, 0.3) is 22.4 Å². The Morgan fingerprint density at radius 2 is 1.85 bits per heavy atom. The Hall–Kier alpha value is -3.62. The Labute approximate surface area is 160 Å². The summed E-state index contributed by atoms with van der Waals surface area (Å²) in [5, 5.41) is 12.3. The van der Waals surface area contributed by atoms with Gasteiger partial charge >= 0.3 is 0 Å². The summed E-state index contributed by atoms with van der Waals surface area (Å²) in [5.41, 5.74) is 4.03. The monoisotopic (exact) mass is 372 g/mol. The lowest BCUT2D eigenvalue weighted by atomic mass is 10.1. The second-order valence-electron chi connectivity index (χ2n) is 5.94. The zero-order chi connectivity index (χ0) is 18.8. The molecule has 0 aliphatic rings. The van der Waals surface area contributed by atoms with E-state index in [-0.39, 0.29) is 5.91 Å². The summed E-state index contributed by atoms with van der Waals surface area (Å²) in [6, 6.07) is 21.4. The topological polar surface area (TPSA) is 81.6 Å². The molecule has 0 aliphatic heterocycles. The third-order valence-electron chi connectivity index (χ3n) is 4.14. The highest BCUT2D eigenvalue weighted by atomic mass is 35.5. The van der Waals surface area contributed by atoms with Crippen molar-refractivity contribution in [3.05, 3.63) is 82.9 Å². The van der Waals surface area contributed by atoms with E-state index in [1.54, 1.807) is 30.3 Å². The van der Waals surface area contributed by atoms with E-state index >= 15 is 0 Å². The molecule has 27 heavy (non-hydrogen) atoms. The quantitative estimate of drug-likeness (QED) is 0.530. The fraction of sp³-hybridized carbons (Fsp3) is 0. The molecule has 4 rings (SSSR count). The van der Waals surface area contributed by atoms with E-state index in [0.717, 1.165) is 16.6 Å². The van der Waals surface area contributed by atoms with Gasteiger partial charge in [0, 0.05) is 16.8 Å². The van der Waals surface area contributed by atoms with Gasteiger partial charge in [0.05, 0.1) is 27.7 Å². The SMILES string of the molecule is N#Cc1ccc(C(=O)Nc2ccc3nc(-c4ccccc4Cl)[nH]c3c2)cc1. The second-order valence-corrected chi connectivity index (χ2v) is 6.35. The van der Waals surface area contributed by atoms with E-state index in [2.05, 4.69) is 15.3 Å². The fourth-order valence-electron chi connectivity index (χ4n) is 2.77. The molecule has 0 bridgehead atoms. The number of nitrogens with zero attached hydrogens (tertiary/aromatic N) is 2. The average Bonchev–Trinajstić information content (AvgIpc) is 3.11. The lowest BCUT2D eigenvalue weighted by molar-refractivity contribution is 0.102. The van der Waals surface area contributed by atoms with Gasteiger partial charge < -0.3 is 10.3 Å². The summed E-state index contributed by atoms with van der Waals surface area (Å²) < 4.78 is 0. The van der Waals surface area contributed by atoms with Crippen molar-refractivity contribution in [1.82, 2.24) is 9.97 Å². The largest absolute Gasteiger partial charge is 0.338 e. The van der Waals surface area contributed by atoms with Gasteiger partial charge in [0.15, 0.2) is 0 Å². The first-order valence-electron chi connectivity index (χ1n) is 8.20. The molecule has 130 valence electrons. The van der Waals surface area contributed by atoms with Crippen LogP contribution in [0.3, 0.4) is 0 Å². The number of hydrogen-bond donors (Lipinski definition) is 2. The van der Waals surface area contributed by atoms with E-state index < -0.39 is 0 Å². The number of halogens is 1. The molecule has 0 saturated carbocycles. The van der Waals surface area contributed by atoms with Gasteiger partial charge in [-0.05, 0) is 54.6 Å². The smallest absolute Gasteiger partial charge is 0.255 e. The fourth-order valence-corrected chi connectivity index (χ4v) is 2.99. The zero-order valence-corrected chi connectivity index (χ0v) is 14.8. The highest BCUT2D eigenvalue weighted by Gasteiger charge is 2.10. The van der Waals surface area contributed by atoms with Crippen LogP contribution in [0.1, 0.15) is 15.9 Å². The molecular formula is C21H13ClN4O. The lowest BCUT2D eigenvalue weighted by Gasteiger charge is -2.05. The number of carbonyl (C=O) groups is 1. The van der Waals surface area contributed by atoms with Gasteiger partial charge in [-0.25, -0.2) is 4.98 Å². The highest BCUT2D eigenvalue weighted by molar-refractivity contribution is 6.33. The maximum atomic E-state index is 12.4. The number of imidazole rings is 1. The van der Waals surface area contributed by atoms with E-state index in [1.807, 2.05) is 42.5 Å². The normalized spacial score (nSPS) is 10.5. The molecule has 1 heterocycles. The number of H-pyrrole nitrogens is 1. The Morgan fingerprint density at radius 1 is 1.07 bits per heavy atom. The van der Waals surface area contributed by atoms with Crippen molar-refractivity contribution in [2.45, 2.75) is 0 Å². The van der Waals surface area contributed by atoms with Gasteiger partial charge in [-0.1, -0.05) is 23.7 Å². The Morgan fingerprint density at radius 3 is 2.59 bits per heavy atom. The van der Waals surface area contributed by atoms with E-state index in [0.29, 0.717) is 27.7 Å². The molecule has 0 fully saturated rings. The van der Waals surface area contributed by atoms with Gasteiger partial charge in [0.25, 0.3) is 5.91 Å². The molecule has 0 spiro atoms. The van der Waals surface area contributed by atoms with Gasteiger partial charge in [0.1, 0.15) is 5.82 Å². The molecule has 0 unspecified atom stereocenters. The third-order valence-corrected chi connectivity index (χ3v) is 4.47. The molecule has 6 heteroatoms. The standard InChI is InChI=1S/C21H13ClN4O/c22-17-4-2-1-3-16(17)20-25-18-10-9-15(11-19(18)26-20)24-21(27)14-7-5-13(12-23)6-8-14/h1-11H,(H,24,27)(H,25,26). The minimum Gasteiger partial charge on any atom is -0.338 e. The average molecular weight is 373 g/mol. The molecule has 1 amide bonds. The van der Waals surface area contributed by atoms with Crippen molar-refractivity contribution >= 4 is 34.2 Å². The molecular weight excluding hydrogens is 360 g/mol. The number of nitrogens with one attached hydrogen (secondary N) is 2. The van der Waals surface area contributed by atoms with Crippen molar-refractivity contribution in [3.63, 3.8) is 0 Å². The minimum absolute atomic E-state index is 0.246. The molecule has 0 saturated heterocycles. The Bertz CT molecular complexity index is 1190. The van der Waals surface area contributed by atoms with Crippen molar-refractivity contribution in [3.8, 4) is 17.5 Å².